The summed E-state index contributed by atoms with van der Waals surface area (Å²) >= 11 is 5.65. The Morgan fingerprint density at radius 3 is 2.42 bits per heavy atom. The van der Waals surface area contributed by atoms with Crippen LogP contribution in [0.25, 0.3) is 0 Å². The minimum absolute atomic E-state index is 0.171. The van der Waals surface area contributed by atoms with Crippen LogP contribution < -0.4 is 5.32 Å². The van der Waals surface area contributed by atoms with Crippen LogP contribution in [0.5, 0.6) is 0 Å². The van der Waals surface area contributed by atoms with Crippen molar-refractivity contribution >= 4 is 17.3 Å². The monoisotopic (exact) mass is 340 g/mol. The van der Waals surface area contributed by atoms with Gasteiger partial charge in [-0.1, -0.05) is 60.2 Å². The highest BCUT2D eigenvalue weighted by molar-refractivity contribution is 7.80. The zero-order valence-electron chi connectivity index (χ0n) is 14.1. The van der Waals surface area contributed by atoms with E-state index >= 15 is 0 Å². The summed E-state index contributed by atoms with van der Waals surface area (Å²) in [6, 6.07) is 19.4. The van der Waals surface area contributed by atoms with Crippen LogP contribution in [0.15, 0.2) is 54.6 Å². The lowest BCUT2D eigenvalue weighted by Crippen LogP contribution is -2.47. The molecule has 0 aliphatic carbocycles. The maximum Gasteiger partial charge on any atom is 0.169 e. The predicted octanol–water partition coefficient (Wildman–Crippen LogP) is 3.49. The molecule has 0 bridgehead atoms. The van der Waals surface area contributed by atoms with Crippen LogP contribution in [-0.4, -0.2) is 36.3 Å². The van der Waals surface area contributed by atoms with Gasteiger partial charge in [-0.25, -0.2) is 0 Å². The van der Waals surface area contributed by atoms with Gasteiger partial charge in [0.2, 0.25) is 0 Å². The van der Waals surface area contributed by atoms with Crippen LogP contribution in [0, 0.1) is 6.92 Å². The average Bonchev–Trinajstić information content (AvgIpc) is 2.64. The van der Waals surface area contributed by atoms with Crippen LogP contribution in [0.4, 0.5) is 0 Å². The van der Waals surface area contributed by atoms with E-state index in [-0.39, 0.29) is 6.04 Å². The largest absolute Gasteiger partial charge is 0.378 e. The predicted molar refractivity (Wildman–Crippen MR) is 102 cm³/mol. The number of nitrogens with zero attached hydrogens (tertiary/aromatic N) is 1. The van der Waals surface area contributed by atoms with E-state index in [1.165, 1.54) is 16.7 Å². The molecular formula is C20H24N2OS. The molecule has 1 fully saturated rings. The Kier molecular flexibility index (Phi) is 5.83. The second kappa shape index (κ2) is 8.27. The number of aryl methyl sites for hydroxylation is 1. The fraction of sp³-hybridized carbons (Fsp3) is 0.350. The number of ether oxygens (including phenoxy) is 1. The number of thiocarbonyl (C=S) groups is 1. The Balaban J connectivity index is 1.74. The first-order valence-corrected chi connectivity index (χ1v) is 8.87. The Morgan fingerprint density at radius 2 is 1.75 bits per heavy atom. The molecule has 0 amide bonds. The quantitative estimate of drug-likeness (QED) is 0.861. The molecular weight excluding hydrogens is 316 g/mol. The number of rotatable bonds is 4. The number of hydrogen-bond acceptors (Lipinski definition) is 2. The summed E-state index contributed by atoms with van der Waals surface area (Å²) < 4.78 is 5.42. The van der Waals surface area contributed by atoms with Gasteiger partial charge in [-0.05, 0) is 36.7 Å². The van der Waals surface area contributed by atoms with E-state index in [9.17, 15) is 0 Å². The maximum absolute atomic E-state index is 5.65. The van der Waals surface area contributed by atoms with Crippen molar-refractivity contribution in [2.24, 2.45) is 0 Å². The van der Waals surface area contributed by atoms with Crippen LogP contribution in [0.1, 0.15) is 22.7 Å². The van der Waals surface area contributed by atoms with E-state index in [0.717, 1.165) is 37.8 Å². The van der Waals surface area contributed by atoms with Gasteiger partial charge in [0.05, 0.1) is 19.3 Å². The number of benzene rings is 2. The molecule has 0 saturated carbocycles. The van der Waals surface area contributed by atoms with Gasteiger partial charge in [0.15, 0.2) is 5.11 Å². The third-order valence-corrected chi connectivity index (χ3v) is 4.73. The van der Waals surface area contributed by atoms with E-state index in [1.807, 2.05) is 6.07 Å². The van der Waals surface area contributed by atoms with Gasteiger partial charge in [0, 0.05) is 13.1 Å². The summed E-state index contributed by atoms with van der Waals surface area (Å²) in [4.78, 5) is 2.20. The topological polar surface area (TPSA) is 24.5 Å². The number of morpholine rings is 1. The molecule has 1 saturated heterocycles. The van der Waals surface area contributed by atoms with Crippen LogP contribution in [0.2, 0.25) is 0 Å². The van der Waals surface area contributed by atoms with Crippen molar-refractivity contribution < 1.29 is 4.74 Å². The Hall–Kier alpha value is -1.91. The highest BCUT2D eigenvalue weighted by Gasteiger charge is 2.18. The lowest BCUT2D eigenvalue weighted by molar-refractivity contribution is 0.0674. The van der Waals surface area contributed by atoms with Crippen molar-refractivity contribution in [3.63, 3.8) is 0 Å². The summed E-state index contributed by atoms with van der Waals surface area (Å²) in [7, 11) is 0. The van der Waals surface area contributed by atoms with Crippen LogP contribution in [-0.2, 0) is 11.2 Å². The van der Waals surface area contributed by atoms with Crippen molar-refractivity contribution in [2.75, 3.05) is 26.3 Å². The molecule has 126 valence electrons. The first-order valence-electron chi connectivity index (χ1n) is 8.46. The summed E-state index contributed by atoms with van der Waals surface area (Å²) in [5.41, 5.74) is 3.85. The molecule has 0 radical (unpaired) electrons. The molecule has 1 N–H and O–H groups in total. The minimum Gasteiger partial charge on any atom is -0.378 e. The highest BCUT2D eigenvalue weighted by atomic mass is 32.1. The standard InChI is InChI=1S/C20H24N2OS/c1-16-7-9-17(10-8-16)15-19(18-5-3-2-4-6-18)21-20(24)22-11-13-23-14-12-22/h2-10,19H,11-15H2,1H3,(H,21,24). The molecule has 3 nitrogen and oxygen atoms in total. The van der Waals surface area contributed by atoms with Gasteiger partial charge in [0.1, 0.15) is 0 Å². The lowest BCUT2D eigenvalue weighted by Gasteiger charge is -2.32. The zero-order chi connectivity index (χ0) is 16.8. The smallest absolute Gasteiger partial charge is 0.169 e. The fourth-order valence-electron chi connectivity index (χ4n) is 2.90. The van der Waals surface area contributed by atoms with Gasteiger partial charge in [0.25, 0.3) is 0 Å². The van der Waals surface area contributed by atoms with Crippen LogP contribution >= 0.6 is 12.2 Å². The van der Waals surface area contributed by atoms with Crippen LogP contribution in [0.3, 0.4) is 0 Å². The second-order valence-corrected chi connectivity index (χ2v) is 6.59. The molecule has 2 aromatic rings. The third kappa shape index (κ3) is 4.56. The SMILES string of the molecule is Cc1ccc(CC(NC(=S)N2CCOCC2)c2ccccc2)cc1. The van der Waals surface area contributed by atoms with Crippen molar-refractivity contribution in [3.8, 4) is 0 Å². The lowest BCUT2D eigenvalue weighted by atomic mass is 9.98. The zero-order valence-corrected chi connectivity index (χ0v) is 14.9. The molecule has 1 aliphatic heterocycles. The molecule has 24 heavy (non-hydrogen) atoms. The molecule has 3 rings (SSSR count). The van der Waals surface area contributed by atoms with Crippen molar-refractivity contribution in [1.82, 2.24) is 10.2 Å². The summed E-state index contributed by atoms with van der Waals surface area (Å²) in [6.45, 7) is 5.32. The fourth-order valence-corrected chi connectivity index (χ4v) is 3.23. The molecule has 0 spiro atoms. The van der Waals surface area contributed by atoms with E-state index in [2.05, 4.69) is 65.7 Å². The van der Waals surface area contributed by atoms with Crippen molar-refractivity contribution in [1.29, 1.82) is 0 Å². The summed E-state index contributed by atoms with van der Waals surface area (Å²) in [5, 5.41) is 4.39. The van der Waals surface area contributed by atoms with Crippen molar-refractivity contribution in [2.45, 2.75) is 19.4 Å². The average molecular weight is 340 g/mol. The molecule has 1 heterocycles. The maximum atomic E-state index is 5.65. The first kappa shape index (κ1) is 16.9. The molecule has 4 heteroatoms. The molecule has 1 atom stereocenters. The van der Waals surface area contributed by atoms with E-state index in [4.69, 9.17) is 17.0 Å². The second-order valence-electron chi connectivity index (χ2n) is 6.20. The molecule has 2 aromatic carbocycles. The minimum atomic E-state index is 0.171. The Morgan fingerprint density at radius 1 is 1.08 bits per heavy atom. The van der Waals surface area contributed by atoms with Crippen molar-refractivity contribution in [3.05, 3.63) is 71.3 Å². The van der Waals surface area contributed by atoms with Gasteiger partial charge < -0.3 is 15.0 Å². The normalized spacial score (nSPS) is 15.8. The van der Waals surface area contributed by atoms with E-state index in [1.54, 1.807) is 0 Å². The van der Waals surface area contributed by atoms with Gasteiger partial charge >= 0.3 is 0 Å². The number of hydrogen-bond donors (Lipinski definition) is 1. The summed E-state index contributed by atoms with van der Waals surface area (Å²) in [5.74, 6) is 0. The van der Waals surface area contributed by atoms with E-state index in [0.29, 0.717) is 0 Å². The third-order valence-electron chi connectivity index (χ3n) is 4.36. The summed E-state index contributed by atoms with van der Waals surface area (Å²) in [6.07, 6.45) is 0.911. The molecule has 0 aromatic heterocycles. The Labute approximate surface area is 149 Å². The molecule has 1 aliphatic rings. The van der Waals surface area contributed by atoms with Gasteiger partial charge in [-0.15, -0.1) is 0 Å². The first-order chi connectivity index (χ1) is 11.7. The number of nitrogens with one attached hydrogen (secondary N) is 1. The van der Waals surface area contributed by atoms with E-state index < -0.39 is 0 Å². The molecule has 1 unspecified atom stereocenters. The highest BCUT2D eigenvalue weighted by Crippen LogP contribution is 2.19. The van der Waals surface area contributed by atoms with Gasteiger partial charge in [-0.3, -0.25) is 0 Å². The Bertz CT molecular complexity index is 651. The van der Waals surface area contributed by atoms with Gasteiger partial charge in [-0.2, -0.15) is 0 Å².